The first-order chi connectivity index (χ1) is 7.93. The maximum Gasteiger partial charge on any atom is 0.0515 e. The summed E-state index contributed by atoms with van der Waals surface area (Å²) in [4.78, 5) is 0. The molecule has 1 aromatic heterocycles. The lowest BCUT2D eigenvalue weighted by Gasteiger charge is -2.11. The van der Waals surface area contributed by atoms with Gasteiger partial charge in [0, 0.05) is 30.1 Å². The molecule has 2 aliphatic rings. The summed E-state index contributed by atoms with van der Waals surface area (Å²) >= 11 is 0. The van der Waals surface area contributed by atoms with Crippen LogP contribution in [-0.2, 0) is 13.0 Å². The van der Waals surface area contributed by atoms with Crippen LogP contribution in [0.2, 0.25) is 0 Å². The molecule has 2 nitrogen and oxygen atoms in total. The number of nitrogens with zero attached hydrogens (tertiary/aromatic N) is 1. The predicted molar refractivity (Wildman–Crippen MR) is 65.9 cm³/mol. The topological polar surface area (TPSA) is 17.0 Å². The summed E-state index contributed by atoms with van der Waals surface area (Å²) in [5, 5.41) is 4.91. The van der Waals surface area contributed by atoms with E-state index in [4.69, 9.17) is 0 Å². The molecule has 1 unspecified atom stereocenters. The van der Waals surface area contributed by atoms with Crippen molar-refractivity contribution in [2.24, 2.45) is 0 Å². The van der Waals surface area contributed by atoms with Crippen molar-refractivity contribution in [2.45, 2.75) is 25.3 Å². The first-order valence-electron chi connectivity index (χ1n) is 6.25. The number of benzene rings is 1. The standard InChI is InChI=1S/C14H16N2/c1-2-10-5-7-16-13(12-4-6-15-9-12)8-11(3-1)14(10)16/h1-3,8,12,15H,4-7,9H2. The Morgan fingerprint density at radius 1 is 1.31 bits per heavy atom. The van der Waals surface area contributed by atoms with Gasteiger partial charge in [-0.1, -0.05) is 18.2 Å². The van der Waals surface area contributed by atoms with Crippen molar-refractivity contribution < 1.29 is 0 Å². The fourth-order valence-corrected chi connectivity index (χ4v) is 3.34. The van der Waals surface area contributed by atoms with Crippen LogP contribution in [0, 0.1) is 0 Å². The highest BCUT2D eigenvalue weighted by Gasteiger charge is 2.24. The number of aryl methyl sites for hydroxylation is 2. The minimum Gasteiger partial charge on any atom is -0.344 e. The molecule has 1 fully saturated rings. The smallest absolute Gasteiger partial charge is 0.0515 e. The lowest BCUT2D eigenvalue weighted by Crippen LogP contribution is -2.10. The third kappa shape index (κ3) is 1.05. The molecule has 2 aliphatic heterocycles. The van der Waals surface area contributed by atoms with Crippen molar-refractivity contribution >= 4 is 10.9 Å². The Kier molecular flexibility index (Phi) is 1.71. The maximum atomic E-state index is 3.47. The van der Waals surface area contributed by atoms with E-state index in [1.54, 1.807) is 5.69 Å². The van der Waals surface area contributed by atoms with Gasteiger partial charge in [0.1, 0.15) is 0 Å². The van der Waals surface area contributed by atoms with E-state index in [9.17, 15) is 0 Å². The van der Waals surface area contributed by atoms with Gasteiger partial charge in [0.15, 0.2) is 0 Å². The summed E-state index contributed by atoms with van der Waals surface area (Å²) in [5.41, 5.74) is 4.60. The molecular weight excluding hydrogens is 196 g/mol. The number of hydrogen-bond acceptors (Lipinski definition) is 1. The molecule has 1 aromatic carbocycles. The molecule has 0 radical (unpaired) electrons. The fourth-order valence-electron chi connectivity index (χ4n) is 3.34. The number of para-hydroxylation sites is 1. The molecule has 3 heterocycles. The van der Waals surface area contributed by atoms with Crippen LogP contribution < -0.4 is 5.32 Å². The molecular formula is C14H16N2. The molecule has 0 saturated carbocycles. The third-order valence-electron chi connectivity index (χ3n) is 4.12. The monoisotopic (exact) mass is 212 g/mol. The van der Waals surface area contributed by atoms with Crippen LogP contribution in [0.3, 0.4) is 0 Å². The molecule has 0 bridgehead atoms. The van der Waals surface area contributed by atoms with Crippen molar-refractivity contribution in [2.75, 3.05) is 13.1 Å². The third-order valence-corrected chi connectivity index (χ3v) is 4.12. The normalized spacial score (nSPS) is 23.4. The lowest BCUT2D eigenvalue weighted by molar-refractivity contribution is 0.649. The van der Waals surface area contributed by atoms with Crippen LogP contribution in [0.15, 0.2) is 24.3 Å². The number of aromatic nitrogens is 1. The van der Waals surface area contributed by atoms with E-state index in [0.29, 0.717) is 0 Å². The van der Waals surface area contributed by atoms with Crippen molar-refractivity contribution in [3.05, 3.63) is 35.5 Å². The van der Waals surface area contributed by atoms with Gasteiger partial charge in [-0.2, -0.15) is 0 Å². The quantitative estimate of drug-likeness (QED) is 0.767. The second-order valence-corrected chi connectivity index (χ2v) is 5.02. The molecule has 82 valence electrons. The van der Waals surface area contributed by atoms with Gasteiger partial charge in [-0.3, -0.25) is 0 Å². The Hall–Kier alpha value is -1.28. The summed E-state index contributed by atoms with van der Waals surface area (Å²) in [6.07, 6.45) is 2.52. The van der Waals surface area contributed by atoms with Gasteiger partial charge in [-0.05, 0) is 31.0 Å². The SMILES string of the molecule is c1cc2c3c(c1)cc(C1CCNC1)n3CC2. The van der Waals surface area contributed by atoms with E-state index >= 15 is 0 Å². The van der Waals surface area contributed by atoms with Crippen LogP contribution in [0.5, 0.6) is 0 Å². The Morgan fingerprint density at radius 2 is 2.31 bits per heavy atom. The summed E-state index contributed by atoms with van der Waals surface area (Å²) in [5.74, 6) is 0.735. The van der Waals surface area contributed by atoms with Crippen molar-refractivity contribution in [3.63, 3.8) is 0 Å². The number of nitrogens with one attached hydrogen (secondary N) is 1. The van der Waals surface area contributed by atoms with Gasteiger partial charge in [0.25, 0.3) is 0 Å². The van der Waals surface area contributed by atoms with E-state index in [-0.39, 0.29) is 0 Å². The summed E-state index contributed by atoms with van der Waals surface area (Å²) in [7, 11) is 0. The minimum absolute atomic E-state index is 0.735. The summed E-state index contributed by atoms with van der Waals surface area (Å²) in [6.45, 7) is 3.53. The Labute approximate surface area is 95.3 Å². The molecule has 16 heavy (non-hydrogen) atoms. The van der Waals surface area contributed by atoms with Crippen LogP contribution >= 0.6 is 0 Å². The molecule has 0 spiro atoms. The van der Waals surface area contributed by atoms with Gasteiger partial charge in [-0.15, -0.1) is 0 Å². The number of rotatable bonds is 1. The molecule has 1 saturated heterocycles. The average Bonchev–Trinajstić information content (AvgIpc) is 3.01. The van der Waals surface area contributed by atoms with Crippen molar-refractivity contribution in [1.29, 1.82) is 0 Å². The zero-order valence-electron chi connectivity index (χ0n) is 9.37. The van der Waals surface area contributed by atoms with Gasteiger partial charge in [0.05, 0.1) is 5.52 Å². The van der Waals surface area contributed by atoms with Crippen molar-refractivity contribution in [1.82, 2.24) is 9.88 Å². The average molecular weight is 212 g/mol. The molecule has 2 heteroatoms. The fraction of sp³-hybridized carbons (Fsp3) is 0.429. The molecule has 0 aliphatic carbocycles. The second kappa shape index (κ2) is 3.11. The van der Waals surface area contributed by atoms with Crippen LogP contribution in [0.25, 0.3) is 10.9 Å². The Balaban J connectivity index is 1.96. The molecule has 4 rings (SSSR count). The first kappa shape index (κ1) is 8.82. The van der Waals surface area contributed by atoms with Crippen LogP contribution in [-0.4, -0.2) is 17.7 Å². The van der Waals surface area contributed by atoms with E-state index in [1.807, 2.05) is 0 Å². The molecule has 0 amide bonds. The van der Waals surface area contributed by atoms with E-state index in [2.05, 4.69) is 34.1 Å². The van der Waals surface area contributed by atoms with E-state index in [1.165, 1.54) is 42.4 Å². The van der Waals surface area contributed by atoms with E-state index in [0.717, 1.165) is 12.5 Å². The lowest BCUT2D eigenvalue weighted by atomic mass is 10.0. The maximum absolute atomic E-state index is 3.47. The minimum atomic E-state index is 0.735. The largest absolute Gasteiger partial charge is 0.344 e. The molecule has 2 aromatic rings. The number of hydrogen-bond donors (Lipinski definition) is 1. The van der Waals surface area contributed by atoms with E-state index < -0.39 is 0 Å². The summed E-state index contributed by atoms with van der Waals surface area (Å²) < 4.78 is 2.56. The van der Waals surface area contributed by atoms with Crippen LogP contribution in [0.4, 0.5) is 0 Å². The zero-order valence-corrected chi connectivity index (χ0v) is 9.37. The first-order valence-corrected chi connectivity index (χ1v) is 6.25. The van der Waals surface area contributed by atoms with Crippen LogP contribution in [0.1, 0.15) is 23.6 Å². The molecule has 1 atom stereocenters. The summed E-state index contributed by atoms with van der Waals surface area (Å²) in [6, 6.07) is 9.15. The highest BCUT2D eigenvalue weighted by molar-refractivity contribution is 5.86. The van der Waals surface area contributed by atoms with Gasteiger partial charge in [0.2, 0.25) is 0 Å². The predicted octanol–water partition coefficient (Wildman–Crippen LogP) is 2.27. The van der Waals surface area contributed by atoms with Gasteiger partial charge in [-0.25, -0.2) is 0 Å². The second-order valence-electron chi connectivity index (χ2n) is 5.02. The zero-order chi connectivity index (χ0) is 10.5. The highest BCUT2D eigenvalue weighted by atomic mass is 15.0. The highest BCUT2D eigenvalue weighted by Crippen LogP contribution is 2.34. The Bertz CT molecular complexity index is 547. The van der Waals surface area contributed by atoms with Gasteiger partial charge >= 0.3 is 0 Å². The van der Waals surface area contributed by atoms with Gasteiger partial charge < -0.3 is 9.88 Å². The Morgan fingerprint density at radius 3 is 3.19 bits per heavy atom. The van der Waals surface area contributed by atoms with Crippen molar-refractivity contribution in [3.8, 4) is 0 Å². The molecule has 1 N–H and O–H groups in total.